The van der Waals surface area contributed by atoms with E-state index in [0.29, 0.717) is 11.5 Å². The molecule has 0 amide bonds. The summed E-state index contributed by atoms with van der Waals surface area (Å²) in [5.74, 6) is 0. The van der Waals surface area contributed by atoms with Gasteiger partial charge in [0.2, 0.25) is 0 Å². The van der Waals surface area contributed by atoms with Crippen LogP contribution in [0.3, 0.4) is 0 Å². The van der Waals surface area contributed by atoms with Crippen molar-refractivity contribution in [1.82, 2.24) is 5.32 Å². The number of nitrogens with one attached hydrogen (secondary N) is 1. The largest absolute Gasteiger partial charge is 0.304 e. The Morgan fingerprint density at radius 1 is 1.19 bits per heavy atom. The predicted molar refractivity (Wildman–Crippen MR) is 94.7 cm³/mol. The van der Waals surface area contributed by atoms with Gasteiger partial charge in [0.1, 0.15) is 0 Å². The predicted octanol–water partition coefficient (Wildman–Crippen LogP) is 6.11. The van der Waals surface area contributed by atoms with Gasteiger partial charge < -0.3 is 5.32 Å². The van der Waals surface area contributed by atoms with Crippen molar-refractivity contribution in [3.8, 4) is 0 Å². The van der Waals surface area contributed by atoms with Gasteiger partial charge in [-0.15, -0.1) is 22.7 Å². The van der Waals surface area contributed by atoms with E-state index in [1.807, 2.05) is 17.4 Å². The zero-order chi connectivity index (χ0) is 14.7. The lowest BCUT2D eigenvalue weighted by Gasteiger charge is -2.35. The van der Waals surface area contributed by atoms with Crippen LogP contribution in [-0.4, -0.2) is 6.54 Å². The Kier molecular flexibility index (Phi) is 5.05. The van der Waals surface area contributed by atoms with Crippen molar-refractivity contribution >= 4 is 34.3 Å². The highest BCUT2D eigenvalue weighted by molar-refractivity contribution is 7.16. The molecule has 4 heteroatoms. The van der Waals surface area contributed by atoms with Gasteiger partial charge in [-0.05, 0) is 41.8 Å². The van der Waals surface area contributed by atoms with Gasteiger partial charge in [0.15, 0.2) is 0 Å². The molecule has 0 aromatic carbocycles. The first kappa shape index (κ1) is 15.5. The highest BCUT2D eigenvalue weighted by atomic mass is 35.5. The SMILES string of the molecule is CC1(CNC(c2cccs2)c2ccc(Cl)s2)CCCCC1. The molecule has 1 saturated carbocycles. The highest BCUT2D eigenvalue weighted by Gasteiger charge is 2.28. The van der Waals surface area contributed by atoms with Crippen LogP contribution in [0.2, 0.25) is 4.34 Å². The van der Waals surface area contributed by atoms with Crippen molar-refractivity contribution in [2.45, 2.75) is 45.1 Å². The van der Waals surface area contributed by atoms with E-state index in [9.17, 15) is 0 Å². The molecule has 2 aromatic heterocycles. The maximum absolute atomic E-state index is 6.14. The van der Waals surface area contributed by atoms with Crippen molar-refractivity contribution in [2.75, 3.05) is 6.54 Å². The molecule has 1 N–H and O–H groups in total. The van der Waals surface area contributed by atoms with Gasteiger partial charge in [0.25, 0.3) is 0 Å². The Bertz CT molecular complexity index is 555. The first-order chi connectivity index (χ1) is 10.2. The topological polar surface area (TPSA) is 12.0 Å². The summed E-state index contributed by atoms with van der Waals surface area (Å²) >= 11 is 9.65. The highest BCUT2D eigenvalue weighted by Crippen LogP contribution is 2.37. The lowest BCUT2D eigenvalue weighted by atomic mass is 9.75. The van der Waals surface area contributed by atoms with E-state index in [4.69, 9.17) is 11.6 Å². The molecule has 0 radical (unpaired) electrons. The molecule has 1 fully saturated rings. The van der Waals surface area contributed by atoms with Gasteiger partial charge in [-0.2, -0.15) is 0 Å². The molecule has 0 saturated heterocycles. The van der Waals surface area contributed by atoms with E-state index in [-0.39, 0.29) is 0 Å². The van der Waals surface area contributed by atoms with Crippen LogP contribution < -0.4 is 5.32 Å². The van der Waals surface area contributed by atoms with Gasteiger partial charge >= 0.3 is 0 Å². The summed E-state index contributed by atoms with van der Waals surface area (Å²) in [6.45, 7) is 3.52. The Balaban J connectivity index is 1.74. The van der Waals surface area contributed by atoms with Gasteiger partial charge in [0.05, 0.1) is 10.4 Å². The number of hydrogen-bond donors (Lipinski definition) is 1. The van der Waals surface area contributed by atoms with Crippen LogP contribution in [0.15, 0.2) is 29.6 Å². The van der Waals surface area contributed by atoms with Crippen molar-refractivity contribution < 1.29 is 0 Å². The third-order valence-corrected chi connectivity index (χ3v) is 6.73. The fourth-order valence-electron chi connectivity index (χ4n) is 3.21. The summed E-state index contributed by atoms with van der Waals surface area (Å²) in [6.07, 6.45) is 6.87. The lowest BCUT2D eigenvalue weighted by Crippen LogP contribution is -2.35. The molecule has 1 aliphatic carbocycles. The number of thiophene rings is 2. The van der Waals surface area contributed by atoms with Gasteiger partial charge in [0, 0.05) is 16.3 Å². The molecule has 0 spiro atoms. The van der Waals surface area contributed by atoms with Crippen molar-refractivity contribution in [1.29, 1.82) is 0 Å². The van der Waals surface area contributed by atoms with Gasteiger partial charge in [-0.3, -0.25) is 0 Å². The first-order valence-electron chi connectivity index (χ1n) is 7.68. The smallest absolute Gasteiger partial charge is 0.0931 e. The molecule has 0 aliphatic heterocycles. The maximum atomic E-state index is 6.14. The number of hydrogen-bond acceptors (Lipinski definition) is 3. The third-order valence-electron chi connectivity index (χ3n) is 4.50. The summed E-state index contributed by atoms with van der Waals surface area (Å²) < 4.78 is 0.872. The molecule has 2 heterocycles. The zero-order valence-electron chi connectivity index (χ0n) is 12.4. The van der Waals surface area contributed by atoms with Crippen LogP contribution in [0.5, 0.6) is 0 Å². The summed E-state index contributed by atoms with van der Waals surface area (Å²) in [6, 6.07) is 8.81. The van der Waals surface area contributed by atoms with Crippen molar-refractivity contribution in [3.63, 3.8) is 0 Å². The van der Waals surface area contributed by atoms with Crippen LogP contribution in [0.4, 0.5) is 0 Å². The minimum Gasteiger partial charge on any atom is -0.304 e. The summed E-state index contributed by atoms with van der Waals surface area (Å²) in [5, 5.41) is 5.98. The summed E-state index contributed by atoms with van der Waals surface area (Å²) in [4.78, 5) is 2.70. The third kappa shape index (κ3) is 3.89. The van der Waals surface area contributed by atoms with Crippen LogP contribution in [0.25, 0.3) is 0 Å². The molecule has 114 valence electrons. The van der Waals surface area contributed by atoms with Crippen LogP contribution in [-0.2, 0) is 0 Å². The Morgan fingerprint density at radius 2 is 2.00 bits per heavy atom. The molecular weight excluding hydrogens is 318 g/mol. The molecule has 1 atom stereocenters. The van der Waals surface area contributed by atoms with E-state index in [1.165, 1.54) is 41.9 Å². The second-order valence-electron chi connectivity index (χ2n) is 6.34. The van der Waals surface area contributed by atoms with E-state index >= 15 is 0 Å². The Hall–Kier alpha value is -0.350. The molecule has 3 rings (SSSR count). The Morgan fingerprint density at radius 3 is 2.62 bits per heavy atom. The maximum Gasteiger partial charge on any atom is 0.0931 e. The molecule has 1 unspecified atom stereocenters. The van der Waals surface area contributed by atoms with Crippen LogP contribution in [0.1, 0.15) is 54.8 Å². The van der Waals surface area contributed by atoms with Gasteiger partial charge in [-0.25, -0.2) is 0 Å². The van der Waals surface area contributed by atoms with Crippen molar-refractivity contribution in [3.05, 3.63) is 43.7 Å². The molecule has 1 nitrogen and oxygen atoms in total. The quantitative estimate of drug-likeness (QED) is 0.692. The van der Waals surface area contributed by atoms with Gasteiger partial charge in [-0.1, -0.05) is 43.9 Å². The lowest BCUT2D eigenvalue weighted by molar-refractivity contribution is 0.204. The fourth-order valence-corrected chi connectivity index (χ4v) is 5.26. The second-order valence-corrected chi connectivity index (χ2v) is 9.07. The molecule has 21 heavy (non-hydrogen) atoms. The minimum atomic E-state index is 0.293. The molecule has 1 aliphatic rings. The first-order valence-corrected chi connectivity index (χ1v) is 9.76. The monoisotopic (exact) mass is 339 g/mol. The fraction of sp³-hybridized carbons (Fsp3) is 0.529. The molecular formula is C17H22ClNS2. The standard InChI is InChI=1S/C17H22ClNS2/c1-17(9-3-2-4-10-17)12-19-16(13-6-5-11-20-13)14-7-8-15(18)21-14/h5-8,11,16,19H,2-4,9-10,12H2,1H3. The Labute approximate surface area is 140 Å². The molecule has 0 bridgehead atoms. The van der Waals surface area contributed by atoms with E-state index in [2.05, 4.69) is 35.8 Å². The average molecular weight is 340 g/mol. The second kappa shape index (κ2) is 6.82. The minimum absolute atomic E-state index is 0.293. The van der Waals surface area contributed by atoms with E-state index < -0.39 is 0 Å². The van der Waals surface area contributed by atoms with E-state index in [0.717, 1.165) is 10.9 Å². The van der Waals surface area contributed by atoms with E-state index in [1.54, 1.807) is 11.3 Å². The summed E-state index contributed by atoms with van der Waals surface area (Å²) in [5.41, 5.74) is 0.453. The average Bonchev–Trinajstić information content (AvgIpc) is 3.12. The van der Waals surface area contributed by atoms with Crippen LogP contribution >= 0.6 is 34.3 Å². The van der Waals surface area contributed by atoms with Crippen LogP contribution in [0, 0.1) is 5.41 Å². The molecule has 2 aromatic rings. The van der Waals surface area contributed by atoms with Crippen molar-refractivity contribution in [2.24, 2.45) is 5.41 Å². The summed E-state index contributed by atoms with van der Waals surface area (Å²) in [7, 11) is 0. The number of rotatable bonds is 5. The number of halogens is 1. The zero-order valence-corrected chi connectivity index (χ0v) is 14.8. The normalized spacial score (nSPS) is 19.5.